The van der Waals surface area contributed by atoms with Gasteiger partial charge >= 0.3 is 0 Å². The highest BCUT2D eigenvalue weighted by molar-refractivity contribution is 7.93. The summed E-state index contributed by atoms with van der Waals surface area (Å²) in [7, 11) is -0.537. The van der Waals surface area contributed by atoms with Crippen LogP contribution in [0.5, 0.6) is 5.75 Å². The van der Waals surface area contributed by atoms with Crippen molar-refractivity contribution >= 4 is 26.5 Å². The lowest BCUT2D eigenvalue weighted by atomic mass is 10.2. The fourth-order valence-corrected chi connectivity index (χ4v) is 3.98. The monoisotopic (exact) mass is 312 g/mol. The van der Waals surface area contributed by atoms with E-state index in [2.05, 4.69) is 4.98 Å². The molecular formula is C13H16N2O3S2. The Morgan fingerprint density at radius 3 is 2.50 bits per heavy atom. The highest BCUT2D eigenvalue weighted by atomic mass is 32.2. The van der Waals surface area contributed by atoms with Gasteiger partial charge in [0.2, 0.25) is 0 Å². The first kappa shape index (κ1) is 14.8. The van der Waals surface area contributed by atoms with Gasteiger partial charge in [0.05, 0.1) is 17.7 Å². The van der Waals surface area contributed by atoms with Crippen LogP contribution in [0, 0.1) is 13.8 Å². The molecule has 0 aliphatic carbocycles. The van der Waals surface area contributed by atoms with Crippen molar-refractivity contribution in [3.8, 4) is 5.75 Å². The van der Waals surface area contributed by atoms with Gasteiger partial charge in [-0.2, -0.15) is 0 Å². The van der Waals surface area contributed by atoms with E-state index in [1.165, 1.54) is 28.8 Å². The zero-order valence-corrected chi connectivity index (χ0v) is 13.4. The summed E-state index contributed by atoms with van der Waals surface area (Å²) in [6.45, 7) is 3.64. The first-order valence-corrected chi connectivity index (χ1v) is 8.24. The van der Waals surface area contributed by atoms with E-state index < -0.39 is 10.0 Å². The Kier molecular flexibility index (Phi) is 4.01. The number of thiazole rings is 1. The third kappa shape index (κ3) is 2.64. The Balaban J connectivity index is 2.42. The minimum absolute atomic E-state index is 0.228. The number of hydrogen-bond acceptors (Lipinski definition) is 5. The van der Waals surface area contributed by atoms with Gasteiger partial charge in [0.1, 0.15) is 5.75 Å². The van der Waals surface area contributed by atoms with Crippen LogP contribution in [-0.4, -0.2) is 27.6 Å². The first-order valence-electron chi connectivity index (χ1n) is 5.92. The molecule has 0 spiro atoms. The molecule has 0 atom stereocenters. The third-order valence-electron chi connectivity index (χ3n) is 2.90. The van der Waals surface area contributed by atoms with E-state index in [-0.39, 0.29) is 4.90 Å². The van der Waals surface area contributed by atoms with Crippen LogP contribution < -0.4 is 9.04 Å². The van der Waals surface area contributed by atoms with Crippen molar-refractivity contribution in [2.75, 3.05) is 18.5 Å². The highest BCUT2D eigenvalue weighted by Gasteiger charge is 2.24. The molecular weight excluding hydrogens is 296 g/mol. The molecule has 0 aliphatic rings. The summed E-state index contributed by atoms with van der Waals surface area (Å²) >= 11 is 1.30. The smallest absolute Gasteiger partial charge is 0.265 e. The summed E-state index contributed by atoms with van der Waals surface area (Å²) in [6.07, 6.45) is 0. The van der Waals surface area contributed by atoms with Crippen molar-refractivity contribution in [3.05, 3.63) is 34.8 Å². The van der Waals surface area contributed by atoms with Gasteiger partial charge < -0.3 is 4.74 Å². The van der Waals surface area contributed by atoms with E-state index in [1.54, 1.807) is 19.2 Å². The molecule has 20 heavy (non-hydrogen) atoms. The largest absolute Gasteiger partial charge is 0.496 e. The summed E-state index contributed by atoms with van der Waals surface area (Å²) in [4.78, 5) is 4.43. The predicted molar refractivity (Wildman–Crippen MR) is 80.2 cm³/mol. The van der Waals surface area contributed by atoms with Crippen LogP contribution in [0.15, 0.2) is 28.5 Å². The van der Waals surface area contributed by atoms with E-state index in [4.69, 9.17) is 4.74 Å². The molecule has 0 amide bonds. The maximum Gasteiger partial charge on any atom is 0.265 e. The molecule has 0 saturated carbocycles. The van der Waals surface area contributed by atoms with Crippen LogP contribution >= 0.6 is 11.3 Å². The van der Waals surface area contributed by atoms with Gasteiger partial charge in [0, 0.05) is 12.4 Å². The zero-order chi connectivity index (χ0) is 14.9. The number of ether oxygens (including phenoxy) is 1. The SMILES string of the molecule is COc1ccc(S(=O)(=O)N(C)c2nc(C)cs2)cc1C. The molecule has 0 N–H and O–H groups in total. The highest BCUT2D eigenvalue weighted by Crippen LogP contribution is 2.27. The molecule has 1 heterocycles. The number of benzene rings is 1. The summed E-state index contributed by atoms with van der Waals surface area (Å²) in [5, 5.41) is 2.27. The van der Waals surface area contributed by atoms with Gasteiger partial charge in [-0.1, -0.05) is 0 Å². The van der Waals surface area contributed by atoms with E-state index in [1.807, 2.05) is 19.2 Å². The van der Waals surface area contributed by atoms with Crippen molar-refractivity contribution < 1.29 is 13.2 Å². The molecule has 0 fully saturated rings. The van der Waals surface area contributed by atoms with Crippen LogP contribution in [0.1, 0.15) is 11.3 Å². The molecule has 0 unspecified atom stereocenters. The van der Waals surface area contributed by atoms with Crippen LogP contribution in [-0.2, 0) is 10.0 Å². The summed E-state index contributed by atoms with van der Waals surface area (Å²) in [5.74, 6) is 0.664. The van der Waals surface area contributed by atoms with E-state index in [0.717, 1.165) is 11.3 Å². The van der Waals surface area contributed by atoms with E-state index in [0.29, 0.717) is 10.9 Å². The lowest BCUT2D eigenvalue weighted by molar-refractivity contribution is 0.411. The Hall–Kier alpha value is -1.60. The van der Waals surface area contributed by atoms with E-state index >= 15 is 0 Å². The van der Waals surface area contributed by atoms with Crippen molar-refractivity contribution in [1.82, 2.24) is 4.98 Å². The molecule has 0 bridgehead atoms. The maximum absolute atomic E-state index is 12.5. The molecule has 0 radical (unpaired) electrons. The van der Waals surface area contributed by atoms with Crippen LogP contribution in [0.25, 0.3) is 0 Å². The van der Waals surface area contributed by atoms with E-state index in [9.17, 15) is 8.42 Å². The first-order chi connectivity index (χ1) is 9.36. The predicted octanol–water partition coefficient (Wildman–Crippen LogP) is 2.59. The lowest BCUT2D eigenvalue weighted by Gasteiger charge is -2.17. The van der Waals surface area contributed by atoms with Gasteiger partial charge in [0.15, 0.2) is 5.13 Å². The summed E-state index contributed by atoms with van der Waals surface area (Å²) in [5.41, 5.74) is 1.58. The van der Waals surface area contributed by atoms with Gasteiger partial charge in [0.25, 0.3) is 10.0 Å². The van der Waals surface area contributed by atoms with Gasteiger partial charge in [-0.15, -0.1) is 11.3 Å². The summed E-state index contributed by atoms with van der Waals surface area (Å²) < 4.78 is 31.4. The second-order valence-electron chi connectivity index (χ2n) is 4.38. The third-order valence-corrected chi connectivity index (χ3v) is 5.80. The Labute approximate surface area is 122 Å². The lowest BCUT2D eigenvalue weighted by Crippen LogP contribution is -2.26. The number of aryl methyl sites for hydroxylation is 2. The average Bonchev–Trinajstić information content (AvgIpc) is 2.84. The number of sulfonamides is 1. The molecule has 2 aromatic rings. The number of hydrogen-bond donors (Lipinski definition) is 0. The number of aromatic nitrogens is 1. The average molecular weight is 312 g/mol. The Bertz CT molecular complexity index is 723. The van der Waals surface area contributed by atoms with Gasteiger partial charge in [-0.05, 0) is 37.6 Å². The molecule has 1 aromatic heterocycles. The fraction of sp³-hybridized carbons (Fsp3) is 0.308. The number of anilines is 1. The molecule has 0 aliphatic heterocycles. The Morgan fingerprint density at radius 2 is 2.00 bits per heavy atom. The molecule has 1 aromatic carbocycles. The quantitative estimate of drug-likeness (QED) is 0.870. The van der Waals surface area contributed by atoms with Gasteiger partial charge in [-0.3, -0.25) is 0 Å². The van der Waals surface area contributed by atoms with Crippen LogP contribution in [0.3, 0.4) is 0 Å². The zero-order valence-electron chi connectivity index (χ0n) is 11.7. The topological polar surface area (TPSA) is 59.5 Å². The minimum atomic E-state index is -3.60. The van der Waals surface area contributed by atoms with Crippen molar-refractivity contribution in [3.63, 3.8) is 0 Å². The molecule has 2 rings (SSSR count). The standard InChI is InChI=1S/C13H16N2O3S2/c1-9-7-11(5-6-12(9)18-4)20(16,17)15(3)13-14-10(2)8-19-13/h5-8H,1-4H3. The number of rotatable bonds is 4. The fourth-order valence-electron chi connectivity index (χ4n) is 1.76. The number of nitrogens with zero attached hydrogens (tertiary/aromatic N) is 2. The minimum Gasteiger partial charge on any atom is -0.496 e. The Morgan fingerprint density at radius 1 is 1.30 bits per heavy atom. The van der Waals surface area contributed by atoms with Crippen molar-refractivity contribution in [2.45, 2.75) is 18.7 Å². The number of methoxy groups -OCH3 is 1. The molecule has 0 saturated heterocycles. The van der Waals surface area contributed by atoms with Crippen molar-refractivity contribution in [1.29, 1.82) is 0 Å². The normalized spacial score (nSPS) is 11.4. The molecule has 5 nitrogen and oxygen atoms in total. The van der Waals surface area contributed by atoms with Crippen LogP contribution in [0.4, 0.5) is 5.13 Å². The van der Waals surface area contributed by atoms with Crippen LogP contribution in [0.2, 0.25) is 0 Å². The summed E-state index contributed by atoms with van der Waals surface area (Å²) in [6, 6.07) is 4.80. The second kappa shape index (κ2) is 5.41. The second-order valence-corrected chi connectivity index (χ2v) is 7.18. The maximum atomic E-state index is 12.5. The van der Waals surface area contributed by atoms with Crippen molar-refractivity contribution in [2.24, 2.45) is 0 Å². The molecule has 7 heteroatoms. The van der Waals surface area contributed by atoms with Gasteiger partial charge in [-0.25, -0.2) is 17.7 Å². The molecule has 108 valence electrons.